The molecule has 1 N–H and O–H groups in total. The van der Waals surface area contributed by atoms with Crippen LogP contribution in [-0.4, -0.2) is 38.8 Å². The van der Waals surface area contributed by atoms with Crippen LogP contribution in [0, 0.1) is 10.1 Å². The van der Waals surface area contributed by atoms with Crippen LogP contribution in [0.3, 0.4) is 0 Å². The third-order valence-electron chi connectivity index (χ3n) is 2.59. The molecule has 1 aliphatic rings. The van der Waals surface area contributed by atoms with Crippen molar-refractivity contribution in [1.29, 1.82) is 0 Å². The molecule has 2 rings (SSSR count). The number of Topliss-reactive ketones (excluding diaryl/α,β-unsaturated/α-hetero) is 2. The molecule has 19 heavy (non-hydrogen) atoms. The summed E-state index contributed by atoms with van der Waals surface area (Å²) >= 11 is 2.98. The van der Waals surface area contributed by atoms with E-state index in [0.717, 1.165) is 0 Å². The Morgan fingerprint density at radius 2 is 2.11 bits per heavy atom. The van der Waals surface area contributed by atoms with Gasteiger partial charge in [-0.2, -0.15) is 0 Å². The van der Waals surface area contributed by atoms with Gasteiger partial charge in [0, 0.05) is 10.5 Å². The number of nitrogens with zero attached hydrogens (tertiary/aromatic N) is 2. The first-order valence-corrected chi connectivity index (χ1v) is 6.06. The van der Waals surface area contributed by atoms with Crippen LogP contribution in [0.1, 0.15) is 20.7 Å². The maximum atomic E-state index is 12.1. The average Bonchev–Trinajstić information content (AvgIpc) is 2.35. The Balaban J connectivity index is 2.55. The van der Waals surface area contributed by atoms with Gasteiger partial charge in [-0.1, -0.05) is 22.0 Å². The summed E-state index contributed by atoms with van der Waals surface area (Å²) in [5.74, 6) is -1.45. The van der Waals surface area contributed by atoms with E-state index >= 15 is 0 Å². The van der Waals surface area contributed by atoms with Crippen molar-refractivity contribution in [3.05, 3.63) is 39.4 Å². The minimum absolute atomic E-state index is 0.00259. The molecular formula is C11H7BrN2O5. The predicted molar refractivity (Wildman–Crippen MR) is 68.8 cm³/mol. The largest absolute Gasteiger partial charge is 0.507 e. The van der Waals surface area contributed by atoms with Gasteiger partial charge < -0.3 is 5.11 Å². The first-order valence-electron chi connectivity index (χ1n) is 5.14. The van der Waals surface area contributed by atoms with E-state index in [9.17, 15) is 24.8 Å². The molecule has 0 amide bonds. The second kappa shape index (κ2) is 4.88. The van der Waals surface area contributed by atoms with Crippen LogP contribution < -0.4 is 0 Å². The first kappa shape index (κ1) is 13.3. The van der Waals surface area contributed by atoms with Crippen LogP contribution in [0.2, 0.25) is 0 Å². The number of nitro groups is 1. The van der Waals surface area contributed by atoms with Crippen molar-refractivity contribution in [1.82, 2.24) is 0 Å². The quantitative estimate of drug-likeness (QED) is 0.499. The number of aromatic hydroxyl groups is 1. The van der Waals surface area contributed by atoms with Crippen molar-refractivity contribution in [3.63, 3.8) is 0 Å². The van der Waals surface area contributed by atoms with Gasteiger partial charge in [-0.05, 0) is 12.1 Å². The zero-order valence-corrected chi connectivity index (χ0v) is 11.0. The van der Waals surface area contributed by atoms with Gasteiger partial charge in [-0.3, -0.25) is 19.7 Å². The van der Waals surface area contributed by atoms with Crippen LogP contribution in [0.25, 0.3) is 0 Å². The third-order valence-corrected chi connectivity index (χ3v) is 3.44. The lowest BCUT2D eigenvalue weighted by Crippen LogP contribution is -2.38. The number of carbonyl (C=O) groups is 2. The normalized spacial score (nSPS) is 20.5. The molecule has 1 aromatic rings. The number of rotatable bonds is 2. The molecule has 0 saturated heterocycles. The van der Waals surface area contributed by atoms with Gasteiger partial charge in [0.15, 0.2) is 5.78 Å². The molecule has 0 spiro atoms. The lowest BCUT2D eigenvalue weighted by molar-refractivity contribution is -0.477. The summed E-state index contributed by atoms with van der Waals surface area (Å²) in [5, 5.41) is 19.9. The summed E-state index contributed by atoms with van der Waals surface area (Å²) in [6, 6.07) is 4.08. The second-order valence-corrected chi connectivity index (χ2v) is 4.69. The molecule has 1 unspecified atom stereocenters. The summed E-state index contributed by atoms with van der Waals surface area (Å²) in [5.41, 5.74) is -0.308. The summed E-state index contributed by atoms with van der Waals surface area (Å²) in [4.78, 5) is 36.2. The lowest BCUT2D eigenvalue weighted by atomic mass is 9.87. The monoisotopic (exact) mass is 326 g/mol. The number of fused-ring (bicyclic) bond motifs is 1. The summed E-state index contributed by atoms with van der Waals surface area (Å²) in [6.07, 6.45) is 0. The van der Waals surface area contributed by atoms with Gasteiger partial charge in [0.1, 0.15) is 16.3 Å². The number of aliphatic imine (C=N–C) groups is 1. The van der Waals surface area contributed by atoms with Gasteiger partial charge in [-0.25, -0.2) is 4.99 Å². The first-order chi connectivity index (χ1) is 8.93. The fraction of sp³-hybridized carbons (Fsp3) is 0.182. The highest BCUT2D eigenvalue weighted by Crippen LogP contribution is 2.30. The van der Waals surface area contributed by atoms with E-state index in [-0.39, 0.29) is 22.6 Å². The van der Waals surface area contributed by atoms with Crippen LogP contribution in [0.15, 0.2) is 23.2 Å². The van der Waals surface area contributed by atoms with Crippen LogP contribution in [0.4, 0.5) is 0 Å². The van der Waals surface area contributed by atoms with Crippen molar-refractivity contribution in [2.75, 3.05) is 6.67 Å². The van der Waals surface area contributed by atoms with Crippen molar-refractivity contribution in [2.45, 2.75) is 4.83 Å². The van der Waals surface area contributed by atoms with E-state index in [1.165, 1.54) is 18.2 Å². The zero-order chi connectivity index (χ0) is 14.2. The number of phenolic OH excluding ortho intramolecular Hbond substituents is 1. The molecule has 0 fully saturated rings. The van der Waals surface area contributed by atoms with Gasteiger partial charge in [0.25, 0.3) is 6.67 Å². The number of alkyl halides is 1. The van der Waals surface area contributed by atoms with Crippen LogP contribution in [0.5, 0.6) is 5.75 Å². The van der Waals surface area contributed by atoms with E-state index < -0.39 is 28.0 Å². The highest BCUT2D eigenvalue weighted by atomic mass is 79.9. The molecule has 98 valence electrons. The summed E-state index contributed by atoms with van der Waals surface area (Å²) < 4.78 is 0. The second-order valence-electron chi connectivity index (χ2n) is 3.77. The van der Waals surface area contributed by atoms with Gasteiger partial charge >= 0.3 is 0 Å². The van der Waals surface area contributed by atoms with Crippen molar-refractivity contribution in [3.8, 4) is 5.75 Å². The molecule has 8 heteroatoms. The molecular weight excluding hydrogens is 320 g/mol. The minimum atomic E-state index is -1.08. The highest BCUT2D eigenvalue weighted by molar-refractivity contribution is 9.10. The Labute approximate surface area is 115 Å². The fourth-order valence-electron chi connectivity index (χ4n) is 1.78. The number of halogens is 1. The Kier molecular flexibility index (Phi) is 3.43. The number of ketones is 2. The standard InChI is InChI=1S/C11H7BrN2O5/c12-8-9(13-4-14(18)19)10(16)5-2-1-3-6(15)7(5)11(8)17/h1-3,8,15H,4H2. The number of phenols is 1. The molecule has 0 saturated carbocycles. The molecule has 1 aliphatic carbocycles. The molecule has 0 bridgehead atoms. The van der Waals surface area contributed by atoms with E-state index in [0.29, 0.717) is 0 Å². The molecule has 0 radical (unpaired) electrons. The van der Waals surface area contributed by atoms with E-state index in [1.807, 2.05) is 0 Å². The molecule has 7 nitrogen and oxygen atoms in total. The molecule has 1 atom stereocenters. The van der Waals surface area contributed by atoms with Gasteiger partial charge in [-0.15, -0.1) is 0 Å². The topological polar surface area (TPSA) is 110 Å². The third kappa shape index (κ3) is 2.26. The maximum absolute atomic E-state index is 12.1. The average molecular weight is 327 g/mol. The fourth-order valence-corrected chi connectivity index (χ4v) is 2.36. The highest BCUT2D eigenvalue weighted by Gasteiger charge is 2.38. The summed E-state index contributed by atoms with van der Waals surface area (Å²) in [7, 11) is 0. The minimum Gasteiger partial charge on any atom is -0.507 e. The Hall–Kier alpha value is -2.09. The smallest absolute Gasteiger partial charge is 0.295 e. The Bertz CT molecular complexity index is 626. The predicted octanol–water partition coefficient (Wildman–Crippen LogP) is 1.21. The SMILES string of the molecule is O=C1C(=NC[N+](=O)[O-])C(Br)C(=O)c2c(O)cccc21. The van der Waals surface area contributed by atoms with E-state index in [4.69, 9.17) is 0 Å². The van der Waals surface area contributed by atoms with E-state index in [2.05, 4.69) is 20.9 Å². The van der Waals surface area contributed by atoms with Crippen molar-refractivity contribution < 1.29 is 19.6 Å². The maximum Gasteiger partial charge on any atom is 0.295 e. The molecule has 0 heterocycles. The van der Waals surface area contributed by atoms with Crippen LogP contribution in [-0.2, 0) is 0 Å². The van der Waals surface area contributed by atoms with Gasteiger partial charge in [0.2, 0.25) is 5.78 Å². The van der Waals surface area contributed by atoms with Crippen LogP contribution >= 0.6 is 15.9 Å². The zero-order valence-electron chi connectivity index (χ0n) is 9.37. The number of hydrogen-bond acceptors (Lipinski definition) is 6. The molecule has 0 aromatic heterocycles. The van der Waals surface area contributed by atoms with E-state index in [1.54, 1.807) is 0 Å². The van der Waals surface area contributed by atoms with Crippen molar-refractivity contribution in [2.24, 2.45) is 4.99 Å². The van der Waals surface area contributed by atoms with Crippen molar-refractivity contribution >= 4 is 33.2 Å². The molecule has 0 aliphatic heterocycles. The number of hydrogen-bond donors (Lipinski definition) is 1. The Morgan fingerprint density at radius 1 is 1.42 bits per heavy atom. The van der Waals surface area contributed by atoms with Gasteiger partial charge in [0.05, 0.1) is 5.56 Å². The number of benzene rings is 1. The summed E-state index contributed by atoms with van der Waals surface area (Å²) in [6.45, 7) is -0.787. The molecule has 1 aromatic carbocycles. The number of carbonyl (C=O) groups excluding carboxylic acids is 2. The lowest BCUT2D eigenvalue weighted by Gasteiger charge is -2.20. The Morgan fingerprint density at radius 3 is 2.74 bits per heavy atom.